The molecule has 0 unspecified atom stereocenters. The topological polar surface area (TPSA) is 65.0 Å². The SMILES string of the molecule is CN(Cc1ccccc1)[C@H]1[C@H](O)[C@H](CO)O[C@@H]1CNC1CCCCC1. The minimum atomic E-state index is -0.670. The second-order valence-electron chi connectivity index (χ2n) is 7.52. The van der Waals surface area contributed by atoms with Crippen molar-refractivity contribution in [3.63, 3.8) is 0 Å². The highest BCUT2D eigenvalue weighted by Crippen LogP contribution is 2.27. The largest absolute Gasteiger partial charge is 0.394 e. The average molecular weight is 348 g/mol. The van der Waals surface area contributed by atoms with Crippen LogP contribution >= 0.6 is 0 Å². The molecule has 1 saturated carbocycles. The zero-order valence-corrected chi connectivity index (χ0v) is 15.2. The maximum Gasteiger partial charge on any atom is 0.109 e. The summed E-state index contributed by atoms with van der Waals surface area (Å²) in [6.07, 6.45) is 5.10. The maximum atomic E-state index is 10.7. The molecular weight excluding hydrogens is 316 g/mol. The van der Waals surface area contributed by atoms with Gasteiger partial charge in [-0.25, -0.2) is 0 Å². The third-order valence-corrected chi connectivity index (χ3v) is 5.64. The molecule has 0 spiro atoms. The lowest BCUT2D eigenvalue weighted by molar-refractivity contribution is -0.0220. The molecule has 1 aromatic rings. The van der Waals surface area contributed by atoms with Crippen LogP contribution in [0, 0.1) is 0 Å². The van der Waals surface area contributed by atoms with Crippen molar-refractivity contribution in [2.45, 2.75) is 69.0 Å². The number of aliphatic hydroxyl groups is 2. The quantitative estimate of drug-likeness (QED) is 0.697. The Morgan fingerprint density at radius 1 is 1.12 bits per heavy atom. The first kappa shape index (κ1) is 18.8. The molecule has 3 rings (SSSR count). The number of hydrogen-bond acceptors (Lipinski definition) is 5. The number of nitrogens with one attached hydrogen (secondary N) is 1. The van der Waals surface area contributed by atoms with Crippen molar-refractivity contribution < 1.29 is 14.9 Å². The van der Waals surface area contributed by atoms with Crippen molar-refractivity contribution in [1.82, 2.24) is 10.2 Å². The Morgan fingerprint density at radius 2 is 1.84 bits per heavy atom. The van der Waals surface area contributed by atoms with Gasteiger partial charge in [0, 0.05) is 19.1 Å². The summed E-state index contributed by atoms with van der Waals surface area (Å²) in [5.41, 5.74) is 1.21. The summed E-state index contributed by atoms with van der Waals surface area (Å²) in [4.78, 5) is 2.16. The summed E-state index contributed by atoms with van der Waals surface area (Å²) in [5, 5.41) is 23.8. The van der Waals surface area contributed by atoms with Crippen molar-refractivity contribution in [2.24, 2.45) is 0 Å². The fourth-order valence-corrected chi connectivity index (χ4v) is 4.26. The average Bonchev–Trinajstić information content (AvgIpc) is 2.97. The van der Waals surface area contributed by atoms with Crippen LogP contribution in [0.2, 0.25) is 0 Å². The van der Waals surface area contributed by atoms with E-state index in [4.69, 9.17) is 4.74 Å². The number of benzene rings is 1. The van der Waals surface area contributed by atoms with Crippen molar-refractivity contribution in [1.29, 1.82) is 0 Å². The Balaban J connectivity index is 1.62. The minimum absolute atomic E-state index is 0.109. The van der Waals surface area contributed by atoms with Crippen LogP contribution in [0.25, 0.3) is 0 Å². The molecule has 0 amide bonds. The fraction of sp³-hybridized carbons (Fsp3) is 0.700. The van der Waals surface area contributed by atoms with Gasteiger partial charge in [0.2, 0.25) is 0 Å². The molecule has 1 aliphatic heterocycles. The highest BCUT2D eigenvalue weighted by molar-refractivity contribution is 5.15. The van der Waals surface area contributed by atoms with Gasteiger partial charge in [0.25, 0.3) is 0 Å². The molecule has 0 aromatic heterocycles. The molecule has 0 radical (unpaired) electrons. The lowest BCUT2D eigenvalue weighted by Gasteiger charge is -2.32. The Hall–Kier alpha value is -0.980. The second kappa shape index (κ2) is 9.10. The number of rotatable bonds is 7. The van der Waals surface area contributed by atoms with Crippen molar-refractivity contribution in [2.75, 3.05) is 20.2 Å². The Kier molecular flexibility index (Phi) is 6.84. The first-order chi connectivity index (χ1) is 12.2. The van der Waals surface area contributed by atoms with E-state index in [1.165, 1.54) is 37.7 Å². The van der Waals surface area contributed by atoms with Crippen molar-refractivity contribution in [3.05, 3.63) is 35.9 Å². The predicted octanol–water partition coefficient (Wildman–Crippen LogP) is 1.53. The van der Waals surface area contributed by atoms with Gasteiger partial charge in [-0.3, -0.25) is 4.90 Å². The molecule has 25 heavy (non-hydrogen) atoms. The van der Waals surface area contributed by atoms with Crippen LogP contribution in [0.5, 0.6) is 0 Å². The van der Waals surface area contributed by atoms with Gasteiger partial charge < -0.3 is 20.3 Å². The van der Waals surface area contributed by atoms with E-state index in [0.29, 0.717) is 6.04 Å². The van der Waals surface area contributed by atoms with Gasteiger partial charge in [-0.05, 0) is 25.5 Å². The van der Waals surface area contributed by atoms with E-state index in [1.807, 2.05) is 25.2 Å². The van der Waals surface area contributed by atoms with Crippen molar-refractivity contribution >= 4 is 0 Å². The van der Waals surface area contributed by atoms with E-state index in [-0.39, 0.29) is 18.8 Å². The number of likely N-dealkylation sites (N-methyl/N-ethyl adjacent to an activating group) is 1. The van der Waals surface area contributed by atoms with Crippen LogP contribution in [0.15, 0.2) is 30.3 Å². The standard InChI is InChI=1S/C20H32N2O3/c1-22(13-15-8-4-2-5-9-15)19-17(25-18(14-23)20(19)24)12-21-16-10-6-3-7-11-16/h2,4-5,8-9,16-21,23-24H,3,6-7,10-14H2,1H3/t17-,18+,19-,20-/m1/s1. The highest BCUT2D eigenvalue weighted by Gasteiger charge is 2.45. The Morgan fingerprint density at radius 3 is 2.52 bits per heavy atom. The van der Waals surface area contributed by atoms with Gasteiger partial charge in [0.15, 0.2) is 0 Å². The molecule has 1 aliphatic carbocycles. The van der Waals surface area contributed by atoms with Crippen LogP contribution < -0.4 is 5.32 Å². The Bertz CT molecular complexity index is 507. The third-order valence-electron chi connectivity index (χ3n) is 5.64. The summed E-state index contributed by atoms with van der Waals surface area (Å²) >= 11 is 0. The summed E-state index contributed by atoms with van der Waals surface area (Å²) in [5.74, 6) is 0. The molecule has 1 saturated heterocycles. The van der Waals surface area contributed by atoms with Gasteiger partial charge in [0.05, 0.1) is 18.8 Å². The molecule has 5 heteroatoms. The van der Waals surface area contributed by atoms with Crippen LogP contribution in [0.4, 0.5) is 0 Å². The number of aliphatic hydroxyl groups excluding tert-OH is 2. The molecule has 0 bridgehead atoms. The smallest absolute Gasteiger partial charge is 0.109 e. The predicted molar refractivity (Wildman–Crippen MR) is 98.3 cm³/mol. The molecule has 3 N–H and O–H groups in total. The van der Waals surface area contributed by atoms with E-state index in [0.717, 1.165) is 13.1 Å². The number of nitrogens with zero attached hydrogens (tertiary/aromatic N) is 1. The van der Waals surface area contributed by atoms with Gasteiger partial charge in [0.1, 0.15) is 12.2 Å². The zero-order valence-electron chi connectivity index (χ0n) is 15.2. The minimum Gasteiger partial charge on any atom is -0.394 e. The molecule has 1 heterocycles. The van der Waals surface area contributed by atoms with E-state index in [1.54, 1.807) is 0 Å². The molecule has 2 fully saturated rings. The summed E-state index contributed by atoms with van der Waals surface area (Å²) in [6.45, 7) is 1.34. The van der Waals surface area contributed by atoms with Gasteiger partial charge in [-0.15, -0.1) is 0 Å². The summed E-state index contributed by atoms with van der Waals surface area (Å²) in [6, 6.07) is 10.7. The third kappa shape index (κ3) is 4.80. The van der Waals surface area contributed by atoms with Gasteiger partial charge in [-0.1, -0.05) is 49.6 Å². The molecule has 140 valence electrons. The number of ether oxygens (including phenoxy) is 1. The van der Waals surface area contributed by atoms with Crippen molar-refractivity contribution in [3.8, 4) is 0 Å². The molecule has 5 nitrogen and oxygen atoms in total. The molecule has 4 atom stereocenters. The van der Waals surface area contributed by atoms with E-state index in [9.17, 15) is 10.2 Å². The molecule has 2 aliphatic rings. The first-order valence-corrected chi connectivity index (χ1v) is 9.61. The summed E-state index contributed by atoms with van der Waals surface area (Å²) in [7, 11) is 2.03. The van der Waals surface area contributed by atoms with Crippen LogP contribution in [-0.4, -0.2) is 65.7 Å². The lowest BCUT2D eigenvalue weighted by Crippen LogP contribution is -2.50. The molecular formula is C20H32N2O3. The van der Waals surface area contributed by atoms with E-state index >= 15 is 0 Å². The first-order valence-electron chi connectivity index (χ1n) is 9.61. The Labute approximate surface area is 151 Å². The van der Waals surface area contributed by atoms with E-state index in [2.05, 4.69) is 22.3 Å². The van der Waals surface area contributed by atoms with Gasteiger partial charge in [-0.2, -0.15) is 0 Å². The van der Waals surface area contributed by atoms with Crippen LogP contribution in [-0.2, 0) is 11.3 Å². The monoisotopic (exact) mass is 348 g/mol. The van der Waals surface area contributed by atoms with Gasteiger partial charge >= 0.3 is 0 Å². The van der Waals surface area contributed by atoms with Crippen LogP contribution in [0.1, 0.15) is 37.7 Å². The maximum absolute atomic E-state index is 10.7. The normalized spacial score (nSPS) is 30.9. The molecule has 1 aromatic carbocycles. The second-order valence-corrected chi connectivity index (χ2v) is 7.52. The lowest BCUT2D eigenvalue weighted by atomic mass is 9.95. The highest BCUT2D eigenvalue weighted by atomic mass is 16.5. The zero-order chi connectivity index (χ0) is 17.6. The van der Waals surface area contributed by atoms with Crippen LogP contribution in [0.3, 0.4) is 0 Å². The number of hydrogen-bond donors (Lipinski definition) is 3. The fourth-order valence-electron chi connectivity index (χ4n) is 4.26. The van der Waals surface area contributed by atoms with E-state index < -0.39 is 12.2 Å². The summed E-state index contributed by atoms with van der Waals surface area (Å²) < 4.78 is 5.98.